The minimum absolute atomic E-state index is 0.224. The van der Waals surface area contributed by atoms with Crippen LogP contribution in [0.15, 0.2) is 0 Å². The standard InChI is InChI=1S/C19H32O3/c1-17-7-3-4-14(17)13-10-16(21)19(22)11-12(20)5-9-18(19,2)15(13)6-8-17/h12-16,20-22H,3-11H2,1-2H3/t12?,13?,14?,15?,16?,17-,18+,19-/m0/s1. The van der Waals surface area contributed by atoms with Gasteiger partial charge in [0, 0.05) is 11.8 Å². The Kier molecular flexibility index (Phi) is 3.30. The lowest BCUT2D eigenvalue weighted by molar-refractivity contribution is -0.263. The molecule has 4 fully saturated rings. The molecule has 4 aliphatic carbocycles. The third-order valence-corrected chi connectivity index (χ3v) is 8.62. The van der Waals surface area contributed by atoms with E-state index in [0.29, 0.717) is 23.7 Å². The van der Waals surface area contributed by atoms with Gasteiger partial charge in [0.1, 0.15) is 0 Å². The van der Waals surface area contributed by atoms with Crippen molar-refractivity contribution in [2.75, 3.05) is 0 Å². The Labute approximate surface area is 134 Å². The monoisotopic (exact) mass is 308 g/mol. The molecule has 22 heavy (non-hydrogen) atoms. The Morgan fingerprint density at radius 1 is 0.909 bits per heavy atom. The summed E-state index contributed by atoms with van der Waals surface area (Å²) < 4.78 is 0. The molecule has 0 amide bonds. The summed E-state index contributed by atoms with van der Waals surface area (Å²) >= 11 is 0. The van der Waals surface area contributed by atoms with Gasteiger partial charge in [-0.3, -0.25) is 0 Å². The van der Waals surface area contributed by atoms with Crippen molar-refractivity contribution in [2.24, 2.45) is 28.6 Å². The maximum absolute atomic E-state index is 11.3. The largest absolute Gasteiger partial charge is 0.393 e. The summed E-state index contributed by atoms with van der Waals surface area (Å²) in [6.07, 6.45) is 8.06. The van der Waals surface area contributed by atoms with E-state index in [-0.39, 0.29) is 5.41 Å². The topological polar surface area (TPSA) is 60.7 Å². The fourth-order valence-electron chi connectivity index (χ4n) is 7.25. The van der Waals surface area contributed by atoms with E-state index in [1.807, 2.05) is 0 Å². The zero-order valence-electron chi connectivity index (χ0n) is 14.1. The van der Waals surface area contributed by atoms with Crippen LogP contribution in [0.3, 0.4) is 0 Å². The summed E-state index contributed by atoms with van der Waals surface area (Å²) in [6.45, 7) is 4.66. The number of hydrogen-bond donors (Lipinski definition) is 3. The first kappa shape index (κ1) is 15.4. The summed E-state index contributed by atoms with van der Waals surface area (Å²) in [4.78, 5) is 0. The van der Waals surface area contributed by atoms with E-state index in [2.05, 4.69) is 13.8 Å². The minimum atomic E-state index is -1.09. The Bertz CT molecular complexity index is 466. The molecule has 4 rings (SSSR count). The fraction of sp³-hybridized carbons (Fsp3) is 1.00. The second kappa shape index (κ2) is 4.70. The molecule has 3 nitrogen and oxygen atoms in total. The molecular formula is C19H32O3. The van der Waals surface area contributed by atoms with Crippen LogP contribution in [0, 0.1) is 28.6 Å². The molecule has 0 aromatic carbocycles. The van der Waals surface area contributed by atoms with Crippen LogP contribution in [0.25, 0.3) is 0 Å². The third-order valence-electron chi connectivity index (χ3n) is 8.62. The molecule has 0 heterocycles. The highest BCUT2D eigenvalue weighted by atomic mass is 16.3. The van der Waals surface area contributed by atoms with Gasteiger partial charge in [-0.25, -0.2) is 0 Å². The Balaban J connectivity index is 1.71. The van der Waals surface area contributed by atoms with Gasteiger partial charge in [-0.15, -0.1) is 0 Å². The van der Waals surface area contributed by atoms with E-state index in [9.17, 15) is 15.3 Å². The minimum Gasteiger partial charge on any atom is -0.393 e. The number of aliphatic hydroxyl groups is 3. The van der Waals surface area contributed by atoms with E-state index in [4.69, 9.17) is 0 Å². The zero-order chi connectivity index (χ0) is 15.8. The molecule has 0 aromatic heterocycles. The summed E-state index contributed by atoms with van der Waals surface area (Å²) in [5.41, 5.74) is -0.836. The Morgan fingerprint density at radius 2 is 1.68 bits per heavy atom. The predicted molar refractivity (Wildman–Crippen MR) is 85.2 cm³/mol. The Morgan fingerprint density at radius 3 is 2.45 bits per heavy atom. The molecule has 3 heteroatoms. The first-order valence-electron chi connectivity index (χ1n) is 9.39. The number of aliphatic hydroxyl groups excluding tert-OH is 2. The van der Waals surface area contributed by atoms with Crippen molar-refractivity contribution in [2.45, 2.75) is 89.4 Å². The summed E-state index contributed by atoms with van der Waals surface area (Å²) in [5.74, 6) is 1.82. The van der Waals surface area contributed by atoms with E-state index in [1.54, 1.807) is 0 Å². The van der Waals surface area contributed by atoms with Crippen molar-refractivity contribution in [1.82, 2.24) is 0 Å². The van der Waals surface area contributed by atoms with Gasteiger partial charge < -0.3 is 15.3 Å². The molecule has 0 aliphatic heterocycles. The highest BCUT2D eigenvalue weighted by Crippen LogP contribution is 2.67. The maximum Gasteiger partial charge on any atom is 0.0985 e. The lowest BCUT2D eigenvalue weighted by Crippen LogP contribution is -2.68. The van der Waals surface area contributed by atoms with Gasteiger partial charge in [-0.1, -0.05) is 20.3 Å². The van der Waals surface area contributed by atoms with Crippen molar-refractivity contribution >= 4 is 0 Å². The van der Waals surface area contributed by atoms with Crippen LogP contribution in [0.5, 0.6) is 0 Å². The molecule has 0 aromatic rings. The number of rotatable bonds is 0. The predicted octanol–water partition coefficient (Wildman–Crippen LogP) is 2.87. The molecular weight excluding hydrogens is 276 g/mol. The molecule has 8 atom stereocenters. The number of hydrogen-bond acceptors (Lipinski definition) is 3. The molecule has 4 saturated carbocycles. The zero-order valence-corrected chi connectivity index (χ0v) is 14.1. The summed E-state index contributed by atoms with van der Waals surface area (Å²) in [7, 11) is 0. The highest BCUT2D eigenvalue weighted by molar-refractivity contribution is 5.16. The van der Waals surface area contributed by atoms with E-state index < -0.39 is 17.8 Å². The van der Waals surface area contributed by atoms with E-state index in [0.717, 1.165) is 25.2 Å². The van der Waals surface area contributed by atoms with E-state index >= 15 is 0 Å². The van der Waals surface area contributed by atoms with Crippen molar-refractivity contribution in [3.8, 4) is 0 Å². The molecule has 0 spiro atoms. The molecule has 5 unspecified atom stereocenters. The van der Waals surface area contributed by atoms with Crippen LogP contribution in [0.2, 0.25) is 0 Å². The van der Waals surface area contributed by atoms with Crippen molar-refractivity contribution in [3.05, 3.63) is 0 Å². The van der Waals surface area contributed by atoms with Crippen molar-refractivity contribution < 1.29 is 15.3 Å². The van der Waals surface area contributed by atoms with Gasteiger partial charge in [0.25, 0.3) is 0 Å². The maximum atomic E-state index is 11.3. The first-order valence-corrected chi connectivity index (χ1v) is 9.39. The lowest BCUT2D eigenvalue weighted by atomic mass is 9.43. The second-order valence-corrected chi connectivity index (χ2v) is 9.45. The highest BCUT2D eigenvalue weighted by Gasteiger charge is 2.66. The number of fused-ring (bicyclic) bond motifs is 5. The average Bonchev–Trinajstić information content (AvgIpc) is 2.84. The molecule has 0 bridgehead atoms. The van der Waals surface area contributed by atoms with E-state index in [1.165, 1.54) is 32.1 Å². The normalized spacial score (nSPS) is 61.2. The van der Waals surface area contributed by atoms with Crippen LogP contribution >= 0.6 is 0 Å². The molecule has 126 valence electrons. The van der Waals surface area contributed by atoms with Crippen LogP contribution < -0.4 is 0 Å². The molecule has 0 radical (unpaired) electrons. The molecule has 4 aliphatic rings. The van der Waals surface area contributed by atoms with Crippen molar-refractivity contribution in [3.63, 3.8) is 0 Å². The van der Waals surface area contributed by atoms with Gasteiger partial charge >= 0.3 is 0 Å². The van der Waals surface area contributed by atoms with Crippen LogP contribution in [-0.2, 0) is 0 Å². The van der Waals surface area contributed by atoms with Gasteiger partial charge in [0.15, 0.2) is 0 Å². The average molecular weight is 308 g/mol. The second-order valence-electron chi connectivity index (χ2n) is 9.45. The molecule has 3 N–H and O–H groups in total. The van der Waals surface area contributed by atoms with Crippen molar-refractivity contribution in [1.29, 1.82) is 0 Å². The van der Waals surface area contributed by atoms with Gasteiger partial charge in [0.2, 0.25) is 0 Å². The summed E-state index contributed by atoms with van der Waals surface area (Å²) in [5, 5.41) is 32.2. The molecule has 0 saturated heterocycles. The quantitative estimate of drug-likeness (QED) is 0.645. The summed E-state index contributed by atoms with van der Waals surface area (Å²) in [6, 6.07) is 0. The van der Waals surface area contributed by atoms with Gasteiger partial charge in [-0.2, -0.15) is 0 Å². The first-order chi connectivity index (χ1) is 10.3. The van der Waals surface area contributed by atoms with Gasteiger partial charge in [-0.05, 0) is 68.1 Å². The van der Waals surface area contributed by atoms with Gasteiger partial charge in [0.05, 0.1) is 17.8 Å². The fourth-order valence-corrected chi connectivity index (χ4v) is 7.25. The third kappa shape index (κ3) is 1.79. The Hall–Kier alpha value is -0.120. The van der Waals surface area contributed by atoms with Crippen LogP contribution in [0.1, 0.15) is 71.6 Å². The van der Waals surface area contributed by atoms with Crippen LogP contribution in [-0.4, -0.2) is 33.1 Å². The smallest absolute Gasteiger partial charge is 0.0985 e. The van der Waals surface area contributed by atoms with Crippen LogP contribution in [0.4, 0.5) is 0 Å². The lowest BCUT2D eigenvalue weighted by Gasteiger charge is -2.65. The SMILES string of the molecule is C[C@@]12CCCC1C1CC(O)[C@@]3(O)CC(O)CC[C@]3(C)C1CC2.